The maximum Gasteiger partial charge on any atom is 0.255 e. The quantitative estimate of drug-likeness (QED) is 0.341. The van der Waals surface area contributed by atoms with Gasteiger partial charge in [-0.25, -0.2) is 0 Å². The van der Waals surface area contributed by atoms with Crippen LogP contribution in [-0.2, 0) is 0 Å². The second kappa shape index (κ2) is 9.03. The fourth-order valence-electron chi connectivity index (χ4n) is 3.73. The number of nitrogens with one attached hydrogen (secondary N) is 2. The maximum absolute atomic E-state index is 12.9. The van der Waals surface area contributed by atoms with Crippen LogP contribution >= 0.6 is 33.8 Å². The molecule has 0 radical (unpaired) electrons. The average Bonchev–Trinajstić information content (AvgIpc) is 3.30. The summed E-state index contributed by atoms with van der Waals surface area (Å²) in [5.41, 5.74) is 3.94. The van der Waals surface area contributed by atoms with Crippen LogP contribution in [0.4, 0.5) is 11.4 Å². The zero-order chi connectivity index (χ0) is 22.1. The molecule has 32 heavy (non-hydrogen) atoms. The molecule has 1 saturated heterocycles. The Labute approximate surface area is 198 Å². The highest BCUT2D eigenvalue weighted by Gasteiger charge is 2.15. The molecule has 5 nitrogen and oxygen atoms in total. The Morgan fingerprint density at radius 2 is 2.03 bits per heavy atom. The molecular formula is C24H21ClN4OS2. The van der Waals surface area contributed by atoms with Crippen LogP contribution in [0, 0.1) is 0 Å². The van der Waals surface area contributed by atoms with Gasteiger partial charge in [0, 0.05) is 51.9 Å². The highest BCUT2D eigenvalue weighted by molar-refractivity contribution is 8.13. The van der Waals surface area contributed by atoms with Crippen LogP contribution in [0.25, 0.3) is 21.3 Å². The predicted octanol–water partition coefficient (Wildman–Crippen LogP) is 6.20. The van der Waals surface area contributed by atoms with Gasteiger partial charge in [-0.1, -0.05) is 11.6 Å². The highest BCUT2D eigenvalue weighted by Crippen LogP contribution is 2.35. The Kier molecular flexibility index (Phi) is 5.97. The Morgan fingerprint density at radius 3 is 2.84 bits per heavy atom. The van der Waals surface area contributed by atoms with E-state index < -0.39 is 0 Å². The normalized spacial score (nSPS) is 16.3. The molecule has 3 heterocycles. The summed E-state index contributed by atoms with van der Waals surface area (Å²) in [5, 5.41) is 6.67. The molecule has 1 unspecified atom stereocenters. The van der Waals surface area contributed by atoms with Crippen LogP contribution in [0.3, 0.4) is 0 Å². The van der Waals surface area contributed by atoms with Gasteiger partial charge in [0.25, 0.3) is 5.91 Å². The zero-order valence-corrected chi connectivity index (χ0v) is 19.6. The molecule has 0 bridgehead atoms. The van der Waals surface area contributed by atoms with E-state index in [4.69, 9.17) is 11.6 Å². The molecular weight excluding hydrogens is 460 g/mol. The molecule has 162 valence electrons. The lowest BCUT2D eigenvalue weighted by Crippen LogP contribution is -2.32. The summed E-state index contributed by atoms with van der Waals surface area (Å²) < 4.78 is 6.76. The number of carbonyl (C=O) groups is 1. The lowest BCUT2D eigenvalue weighted by molar-refractivity contribution is 0.102. The minimum absolute atomic E-state index is 0.170. The van der Waals surface area contributed by atoms with Crippen LogP contribution in [0.2, 0.25) is 5.02 Å². The third-order valence-corrected chi connectivity index (χ3v) is 8.02. The zero-order valence-electron chi connectivity index (χ0n) is 17.2. The van der Waals surface area contributed by atoms with E-state index in [0.717, 1.165) is 46.5 Å². The number of anilines is 2. The Balaban J connectivity index is 1.37. The van der Waals surface area contributed by atoms with Crippen molar-refractivity contribution in [1.82, 2.24) is 9.71 Å². The van der Waals surface area contributed by atoms with Gasteiger partial charge >= 0.3 is 0 Å². The summed E-state index contributed by atoms with van der Waals surface area (Å²) in [6, 6.07) is 17.2. The number of carbonyl (C=O) groups excluding carboxylic acids is 1. The SMILES string of the molecule is C=S1NCCCN1c1ccc(C(=O)Nc2ccc(Cl)c(-c3nccc4sccc34)c2)cc1. The fraction of sp³-hybridized carbons (Fsp3) is 0.125. The van der Waals surface area contributed by atoms with Crippen LogP contribution in [0.5, 0.6) is 0 Å². The Morgan fingerprint density at radius 1 is 1.19 bits per heavy atom. The first-order valence-corrected chi connectivity index (χ1v) is 12.8. The molecule has 0 aliphatic carbocycles. The Hall–Kier alpha value is -2.71. The monoisotopic (exact) mass is 480 g/mol. The first kappa shape index (κ1) is 21.2. The van der Waals surface area contributed by atoms with E-state index in [-0.39, 0.29) is 16.8 Å². The summed E-state index contributed by atoms with van der Waals surface area (Å²) >= 11 is 8.15. The largest absolute Gasteiger partial charge is 0.322 e. The Bertz CT molecular complexity index is 1320. The van der Waals surface area contributed by atoms with Crippen molar-refractivity contribution in [2.24, 2.45) is 0 Å². The average molecular weight is 481 g/mol. The van der Waals surface area contributed by atoms with Crippen LogP contribution in [0.15, 0.2) is 66.2 Å². The number of nitrogens with zero attached hydrogens (tertiary/aromatic N) is 2. The van der Waals surface area contributed by atoms with Crippen molar-refractivity contribution in [2.45, 2.75) is 6.42 Å². The second-order valence-electron chi connectivity index (χ2n) is 7.40. The molecule has 8 heteroatoms. The number of benzene rings is 2. The van der Waals surface area contributed by atoms with Gasteiger partial charge in [0.05, 0.1) is 10.7 Å². The topological polar surface area (TPSA) is 57.3 Å². The summed E-state index contributed by atoms with van der Waals surface area (Å²) in [7, 11) is -0.243. The van der Waals surface area contributed by atoms with E-state index in [9.17, 15) is 4.79 Å². The fourth-order valence-corrected chi connectivity index (χ4v) is 5.98. The standard InChI is InChI=1S/C24H21ClN4OS2/c1-32-27-11-2-13-29(32)18-6-3-16(4-7-18)24(30)28-17-5-8-21(25)20(15-17)23-19-10-14-31-22(19)9-12-26-23/h3-10,12,14-15,27H,1-2,11,13H2,(H,28,30). The van der Waals surface area contributed by atoms with Gasteiger partial charge in [0.15, 0.2) is 0 Å². The third-order valence-electron chi connectivity index (χ3n) is 5.35. The van der Waals surface area contributed by atoms with E-state index in [2.05, 4.69) is 25.2 Å². The second-order valence-corrected chi connectivity index (χ2v) is 10.2. The summed E-state index contributed by atoms with van der Waals surface area (Å²) in [6.45, 7) is 1.95. The van der Waals surface area contributed by atoms with Crippen molar-refractivity contribution in [1.29, 1.82) is 0 Å². The molecule has 1 aliphatic rings. The molecule has 4 aromatic rings. The molecule has 1 amide bonds. The van der Waals surface area contributed by atoms with Crippen LogP contribution in [-0.4, -0.2) is 29.9 Å². The minimum atomic E-state index is -0.243. The van der Waals surface area contributed by atoms with Gasteiger partial charge in [0.1, 0.15) is 0 Å². The number of halogens is 1. The first-order valence-electron chi connectivity index (χ1n) is 10.2. The van der Waals surface area contributed by atoms with E-state index in [0.29, 0.717) is 16.3 Å². The van der Waals surface area contributed by atoms with E-state index in [1.807, 2.05) is 47.8 Å². The number of hydrogen-bond acceptors (Lipinski definition) is 5. The molecule has 1 atom stereocenters. The van der Waals surface area contributed by atoms with Crippen molar-refractivity contribution >= 4 is 67.0 Å². The smallest absolute Gasteiger partial charge is 0.255 e. The molecule has 2 aromatic heterocycles. The molecule has 5 rings (SSSR count). The number of thiophene rings is 1. The van der Waals surface area contributed by atoms with Crippen LogP contribution in [0.1, 0.15) is 16.8 Å². The number of amides is 1. The van der Waals surface area contributed by atoms with Gasteiger partial charge in [-0.15, -0.1) is 11.3 Å². The van der Waals surface area contributed by atoms with Gasteiger partial charge in [-0.05, 0) is 83.1 Å². The molecule has 2 aromatic carbocycles. The van der Waals surface area contributed by atoms with Gasteiger partial charge in [0.2, 0.25) is 0 Å². The number of rotatable bonds is 4. The van der Waals surface area contributed by atoms with Gasteiger partial charge in [-0.3, -0.25) is 14.5 Å². The van der Waals surface area contributed by atoms with Crippen molar-refractivity contribution in [3.05, 3.63) is 76.8 Å². The molecule has 2 N–H and O–H groups in total. The van der Waals surface area contributed by atoms with Gasteiger partial charge in [-0.2, -0.15) is 0 Å². The lowest BCUT2D eigenvalue weighted by atomic mass is 10.1. The number of fused-ring (bicyclic) bond motifs is 1. The van der Waals surface area contributed by atoms with Gasteiger partial charge < -0.3 is 9.62 Å². The number of pyridine rings is 1. The predicted molar refractivity (Wildman–Crippen MR) is 139 cm³/mol. The molecule has 1 fully saturated rings. The van der Waals surface area contributed by atoms with E-state index in [1.54, 1.807) is 29.7 Å². The number of aromatic nitrogens is 1. The van der Waals surface area contributed by atoms with Crippen molar-refractivity contribution in [3.8, 4) is 11.3 Å². The van der Waals surface area contributed by atoms with Crippen molar-refractivity contribution in [2.75, 3.05) is 22.7 Å². The highest BCUT2D eigenvalue weighted by atomic mass is 35.5. The van der Waals surface area contributed by atoms with E-state index in [1.165, 1.54) is 0 Å². The van der Waals surface area contributed by atoms with Crippen LogP contribution < -0.4 is 14.3 Å². The minimum Gasteiger partial charge on any atom is -0.322 e. The summed E-state index contributed by atoms with van der Waals surface area (Å²) in [4.78, 5) is 17.4. The van der Waals surface area contributed by atoms with Crippen molar-refractivity contribution < 1.29 is 4.79 Å². The summed E-state index contributed by atoms with van der Waals surface area (Å²) in [5.74, 6) is 4.00. The third kappa shape index (κ3) is 4.17. The molecule has 0 spiro atoms. The molecule has 1 aliphatic heterocycles. The molecule has 0 saturated carbocycles. The number of hydrogen-bond donors (Lipinski definition) is 2. The summed E-state index contributed by atoms with van der Waals surface area (Å²) in [6.07, 6.45) is 2.86. The first-order chi connectivity index (χ1) is 15.6. The maximum atomic E-state index is 12.9. The lowest BCUT2D eigenvalue weighted by Gasteiger charge is -2.32. The van der Waals surface area contributed by atoms with Crippen molar-refractivity contribution in [3.63, 3.8) is 0 Å². The van der Waals surface area contributed by atoms with E-state index >= 15 is 0 Å².